The topological polar surface area (TPSA) is 107 Å². The molecule has 1 aliphatic rings. The lowest BCUT2D eigenvalue weighted by molar-refractivity contribution is -0.384. The SMILES string of the molecule is C[C@H]1CCc2c(sc3ncn(C[C@@H](O)COc4cccc([N+](=O)[O-])c4)c(=O)c23)C1. The third kappa shape index (κ3) is 4.01. The van der Waals surface area contributed by atoms with E-state index in [2.05, 4.69) is 11.9 Å². The van der Waals surface area contributed by atoms with Crippen LogP contribution < -0.4 is 10.3 Å². The summed E-state index contributed by atoms with van der Waals surface area (Å²) in [6, 6.07) is 5.76. The van der Waals surface area contributed by atoms with Crippen LogP contribution in [0.1, 0.15) is 23.8 Å². The molecule has 0 bridgehead atoms. The highest BCUT2D eigenvalue weighted by molar-refractivity contribution is 7.18. The van der Waals surface area contributed by atoms with Crippen LogP contribution in [0.4, 0.5) is 5.69 Å². The van der Waals surface area contributed by atoms with Gasteiger partial charge in [-0.25, -0.2) is 4.98 Å². The normalized spacial score (nSPS) is 17.1. The smallest absolute Gasteiger partial charge is 0.273 e. The summed E-state index contributed by atoms with van der Waals surface area (Å²) in [5, 5.41) is 21.8. The molecule has 1 aromatic carbocycles. The number of hydrogen-bond acceptors (Lipinski definition) is 7. The van der Waals surface area contributed by atoms with E-state index < -0.39 is 11.0 Å². The van der Waals surface area contributed by atoms with E-state index in [0.29, 0.717) is 17.1 Å². The van der Waals surface area contributed by atoms with E-state index in [9.17, 15) is 20.0 Å². The Balaban J connectivity index is 1.49. The zero-order chi connectivity index (χ0) is 20.5. The maximum Gasteiger partial charge on any atom is 0.273 e. The zero-order valence-electron chi connectivity index (χ0n) is 15.9. The quantitative estimate of drug-likeness (QED) is 0.490. The van der Waals surface area contributed by atoms with Crippen LogP contribution in [0.2, 0.25) is 0 Å². The number of nitrogens with zero attached hydrogens (tertiary/aromatic N) is 3. The highest BCUT2D eigenvalue weighted by atomic mass is 32.1. The van der Waals surface area contributed by atoms with Crippen molar-refractivity contribution in [3.63, 3.8) is 0 Å². The second kappa shape index (κ2) is 7.92. The lowest BCUT2D eigenvalue weighted by Gasteiger charge is -2.17. The van der Waals surface area contributed by atoms with Crippen molar-refractivity contribution in [2.24, 2.45) is 5.92 Å². The van der Waals surface area contributed by atoms with Gasteiger partial charge in [0.1, 0.15) is 23.3 Å². The zero-order valence-corrected chi connectivity index (χ0v) is 16.7. The highest BCUT2D eigenvalue weighted by Crippen LogP contribution is 2.35. The second-order valence-electron chi connectivity index (χ2n) is 7.45. The molecule has 0 spiro atoms. The van der Waals surface area contributed by atoms with Crippen molar-refractivity contribution >= 4 is 27.2 Å². The van der Waals surface area contributed by atoms with Crippen molar-refractivity contribution < 1.29 is 14.8 Å². The van der Waals surface area contributed by atoms with E-state index in [0.717, 1.165) is 29.7 Å². The summed E-state index contributed by atoms with van der Waals surface area (Å²) in [6.07, 6.45) is 3.44. The standard InChI is InChI=1S/C20H21N3O5S/c1-12-5-6-16-17(7-12)29-19-18(16)20(25)22(11-21-19)9-14(24)10-28-15-4-2-3-13(8-15)23(26)27/h2-4,8,11-12,14,24H,5-7,9-10H2,1H3/t12-,14+/m0/s1. The maximum atomic E-state index is 13.0. The Morgan fingerprint density at radius 3 is 3.10 bits per heavy atom. The summed E-state index contributed by atoms with van der Waals surface area (Å²) in [5.41, 5.74) is 0.883. The lowest BCUT2D eigenvalue weighted by Crippen LogP contribution is -2.30. The Bertz CT molecular complexity index is 1120. The molecule has 2 heterocycles. The summed E-state index contributed by atoms with van der Waals surface area (Å²) in [5.74, 6) is 0.908. The van der Waals surface area contributed by atoms with Crippen LogP contribution >= 0.6 is 11.3 Å². The Morgan fingerprint density at radius 2 is 2.31 bits per heavy atom. The fourth-order valence-corrected chi connectivity index (χ4v) is 5.00. The van der Waals surface area contributed by atoms with Crippen molar-refractivity contribution in [1.82, 2.24) is 9.55 Å². The van der Waals surface area contributed by atoms with E-state index in [1.807, 2.05) is 0 Å². The molecule has 0 saturated carbocycles. The number of benzene rings is 1. The molecule has 0 saturated heterocycles. The van der Waals surface area contributed by atoms with Crippen LogP contribution in [-0.4, -0.2) is 32.3 Å². The Hall–Kier alpha value is -2.78. The van der Waals surface area contributed by atoms with Crippen LogP contribution in [0.3, 0.4) is 0 Å². The van der Waals surface area contributed by atoms with Crippen molar-refractivity contribution in [1.29, 1.82) is 0 Å². The minimum atomic E-state index is -0.958. The number of thiophene rings is 1. The van der Waals surface area contributed by atoms with Crippen molar-refractivity contribution in [2.45, 2.75) is 38.8 Å². The number of nitro benzene ring substituents is 1. The van der Waals surface area contributed by atoms with Crippen LogP contribution in [0.25, 0.3) is 10.2 Å². The predicted octanol–water partition coefficient (Wildman–Crippen LogP) is 2.93. The molecule has 0 unspecified atom stereocenters. The third-order valence-corrected chi connectivity index (χ3v) is 6.32. The first-order chi connectivity index (χ1) is 13.9. The van der Waals surface area contributed by atoms with Crippen LogP contribution in [0.5, 0.6) is 5.75 Å². The van der Waals surface area contributed by atoms with E-state index in [1.165, 1.54) is 34.0 Å². The average molecular weight is 415 g/mol. The number of ether oxygens (including phenoxy) is 1. The average Bonchev–Trinajstić information content (AvgIpc) is 3.07. The molecule has 0 amide bonds. The van der Waals surface area contributed by atoms with Gasteiger partial charge in [0.15, 0.2) is 0 Å². The van der Waals surface area contributed by atoms with Gasteiger partial charge in [-0.2, -0.15) is 0 Å². The molecular formula is C20H21N3O5S. The number of aliphatic hydroxyl groups is 1. The number of aromatic nitrogens is 2. The van der Waals surface area contributed by atoms with Gasteiger partial charge in [-0.15, -0.1) is 11.3 Å². The molecule has 0 aliphatic heterocycles. The number of non-ortho nitro benzene ring substituents is 1. The van der Waals surface area contributed by atoms with Crippen LogP contribution in [0.15, 0.2) is 35.4 Å². The predicted molar refractivity (Wildman–Crippen MR) is 110 cm³/mol. The van der Waals surface area contributed by atoms with Gasteiger partial charge in [0, 0.05) is 10.9 Å². The summed E-state index contributed by atoms with van der Waals surface area (Å²) in [7, 11) is 0. The van der Waals surface area contributed by atoms with Gasteiger partial charge in [-0.05, 0) is 36.8 Å². The van der Waals surface area contributed by atoms with E-state index in [1.54, 1.807) is 17.4 Å². The van der Waals surface area contributed by atoms with Gasteiger partial charge in [0.05, 0.1) is 29.2 Å². The molecule has 3 aromatic rings. The molecular weight excluding hydrogens is 394 g/mol. The van der Waals surface area contributed by atoms with Crippen molar-refractivity contribution in [2.75, 3.05) is 6.61 Å². The number of aryl methyl sites for hydroxylation is 1. The number of aliphatic hydroxyl groups excluding tert-OH is 1. The first kappa shape index (κ1) is 19.5. The molecule has 9 heteroatoms. The third-order valence-electron chi connectivity index (χ3n) is 5.16. The summed E-state index contributed by atoms with van der Waals surface area (Å²) in [4.78, 5) is 29.7. The van der Waals surface area contributed by atoms with Gasteiger partial charge < -0.3 is 9.84 Å². The molecule has 8 nitrogen and oxygen atoms in total. The fraction of sp³-hybridized carbons (Fsp3) is 0.400. The van der Waals surface area contributed by atoms with E-state index in [-0.39, 0.29) is 24.4 Å². The molecule has 2 atom stereocenters. The summed E-state index contributed by atoms with van der Waals surface area (Å²) >= 11 is 1.59. The lowest BCUT2D eigenvalue weighted by atomic mass is 9.89. The van der Waals surface area contributed by atoms with Gasteiger partial charge >= 0.3 is 0 Å². The maximum absolute atomic E-state index is 13.0. The molecule has 152 valence electrons. The molecule has 1 N–H and O–H groups in total. The Labute approximate surface area is 170 Å². The minimum absolute atomic E-state index is 0.0394. The first-order valence-corrected chi connectivity index (χ1v) is 10.3. The van der Waals surface area contributed by atoms with Gasteiger partial charge in [0.25, 0.3) is 11.2 Å². The summed E-state index contributed by atoms with van der Waals surface area (Å²) < 4.78 is 6.87. The van der Waals surface area contributed by atoms with E-state index >= 15 is 0 Å². The molecule has 4 rings (SSSR count). The van der Waals surface area contributed by atoms with Crippen molar-refractivity contribution in [3.05, 3.63) is 61.5 Å². The number of nitro groups is 1. The highest BCUT2D eigenvalue weighted by Gasteiger charge is 2.23. The largest absolute Gasteiger partial charge is 0.491 e. The van der Waals surface area contributed by atoms with Crippen molar-refractivity contribution in [3.8, 4) is 5.75 Å². The summed E-state index contributed by atoms with van der Waals surface area (Å²) in [6.45, 7) is 2.17. The molecule has 29 heavy (non-hydrogen) atoms. The molecule has 0 fully saturated rings. The molecule has 1 aliphatic carbocycles. The number of hydrogen-bond donors (Lipinski definition) is 1. The Kier molecular flexibility index (Phi) is 5.33. The van der Waals surface area contributed by atoms with Crippen LogP contribution in [0, 0.1) is 16.0 Å². The second-order valence-corrected chi connectivity index (χ2v) is 8.54. The number of fused-ring (bicyclic) bond motifs is 3. The Morgan fingerprint density at radius 1 is 1.48 bits per heavy atom. The fourth-order valence-electron chi connectivity index (χ4n) is 3.66. The first-order valence-electron chi connectivity index (χ1n) is 9.47. The van der Waals surface area contributed by atoms with Crippen LogP contribution in [-0.2, 0) is 19.4 Å². The van der Waals surface area contributed by atoms with E-state index in [4.69, 9.17) is 4.74 Å². The van der Waals surface area contributed by atoms with Gasteiger partial charge in [0.2, 0.25) is 0 Å². The van der Waals surface area contributed by atoms with Gasteiger partial charge in [-0.1, -0.05) is 13.0 Å². The minimum Gasteiger partial charge on any atom is -0.491 e. The number of rotatable bonds is 6. The monoisotopic (exact) mass is 415 g/mol. The molecule has 2 aromatic heterocycles. The van der Waals surface area contributed by atoms with Gasteiger partial charge in [-0.3, -0.25) is 19.5 Å². The molecule has 0 radical (unpaired) electrons.